The first-order chi connectivity index (χ1) is 16.1. The van der Waals surface area contributed by atoms with E-state index in [0.717, 1.165) is 10.6 Å². The molecule has 0 aliphatic carbocycles. The van der Waals surface area contributed by atoms with Gasteiger partial charge in [0.05, 0.1) is 11.9 Å². The Hall–Kier alpha value is -3.72. The second kappa shape index (κ2) is 8.57. The third kappa shape index (κ3) is 4.03. The van der Waals surface area contributed by atoms with Crippen LogP contribution in [0.2, 0.25) is 0 Å². The van der Waals surface area contributed by atoms with Crippen LogP contribution < -0.4 is 14.4 Å². The van der Waals surface area contributed by atoms with Gasteiger partial charge in [-0.05, 0) is 35.4 Å². The van der Waals surface area contributed by atoms with Crippen LogP contribution >= 0.6 is 0 Å². The van der Waals surface area contributed by atoms with Crippen molar-refractivity contribution in [3.8, 4) is 16.9 Å². The molecule has 0 saturated carbocycles. The lowest BCUT2D eigenvalue weighted by molar-refractivity contribution is -0.135. The van der Waals surface area contributed by atoms with Crippen LogP contribution in [0, 0.1) is 5.82 Å². The molecule has 1 atom stereocenters. The molecule has 0 radical (unpaired) electrons. The van der Waals surface area contributed by atoms with Gasteiger partial charge in [-0.2, -0.15) is 0 Å². The van der Waals surface area contributed by atoms with Gasteiger partial charge in [-0.25, -0.2) is 12.8 Å². The summed E-state index contributed by atoms with van der Waals surface area (Å²) in [5.41, 5.74) is 1.65. The number of anilines is 1. The molecule has 3 aromatic rings. The maximum absolute atomic E-state index is 13.6. The van der Waals surface area contributed by atoms with Crippen molar-refractivity contribution in [1.82, 2.24) is 5.32 Å². The van der Waals surface area contributed by atoms with Gasteiger partial charge in [0.2, 0.25) is 15.6 Å². The molecule has 7 nitrogen and oxygen atoms in total. The summed E-state index contributed by atoms with van der Waals surface area (Å²) in [4.78, 5) is 24.4. The molecule has 1 amide bonds. The number of likely N-dealkylation sites (N-methyl/N-ethyl adjacent to an activating group) is 1. The third-order valence-corrected chi connectivity index (χ3v) is 7.17. The quantitative estimate of drug-likeness (QED) is 0.545. The Balaban J connectivity index is 1.92. The van der Waals surface area contributed by atoms with Gasteiger partial charge in [0.15, 0.2) is 0 Å². The van der Waals surface area contributed by atoms with E-state index in [1.807, 2.05) is 0 Å². The van der Waals surface area contributed by atoms with E-state index in [2.05, 4.69) is 5.32 Å². The Morgan fingerprint density at radius 2 is 1.85 bits per heavy atom. The number of sulfonamides is 1. The predicted octanol–water partition coefficient (Wildman–Crippen LogP) is 3.28. The largest absolute Gasteiger partial charge is 0.472 e. The Bertz CT molecular complexity index is 1390. The minimum atomic E-state index is -3.64. The fraction of sp³-hybridized carbons (Fsp3) is 0.200. The summed E-state index contributed by atoms with van der Waals surface area (Å²) in [6.07, 6.45) is 1.95. The normalized spacial score (nSPS) is 16.9. The van der Waals surface area contributed by atoms with Crippen LogP contribution in [0.15, 0.2) is 60.7 Å². The molecule has 176 valence electrons. The SMILES string of the molecule is CNC(=O)C1(c2ccc(F)cc2)Cc2cc(-c3cccc(C=O)c3)c(N(C)S(C)(=O)=O)cc2O1. The van der Waals surface area contributed by atoms with Crippen molar-refractivity contribution < 1.29 is 27.1 Å². The number of ether oxygens (including phenoxy) is 1. The number of nitrogens with one attached hydrogen (secondary N) is 1. The third-order valence-electron chi connectivity index (χ3n) is 5.98. The van der Waals surface area contributed by atoms with Crippen LogP contribution in [0.1, 0.15) is 21.5 Å². The van der Waals surface area contributed by atoms with E-state index in [9.17, 15) is 22.4 Å². The van der Waals surface area contributed by atoms with Gasteiger partial charge in [-0.15, -0.1) is 0 Å². The topological polar surface area (TPSA) is 92.8 Å². The summed E-state index contributed by atoms with van der Waals surface area (Å²) in [6.45, 7) is 0. The molecule has 1 heterocycles. The van der Waals surface area contributed by atoms with E-state index in [-0.39, 0.29) is 6.42 Å². The summed E-state index contributed by atoms with van der Waals surface area (Å²) in [5.74, 6) is -0.521. The van der Waals surface area contributed by atoms with Crippen molar-refractivity contribution in [1.29, 1.82) is 0 Å². The maximum Gasteiger partial charge on any atom is 0.269 e. The number of amides is 1. The maximum atomic E-state index is 13.6. The Morgan fingerprint density at radius 1 is 1.15 bits per heavy atom. The van der Waals surface area contributed by atoms with E-state index in [1.165, 1.54) is 38.4 Å². The summed E-state index contributed by atoms with van der Waals surface area (Å²) >= 11 is 0. The molecule has 0 aromatic heterocycles. The molecule has 34 heavy (non-hydrogen) atoms. The number of carbonyl (C=O) groups is 2. The first kappa shape index (κ1) is 23.4. The summed E-state index contributed by atoms with van der Waals surface area (Å²) in [6, 6.07) is 15.6. The van der Waals surface area contributed by atoms with Crippen molar-refractivity contribution in [2.75, 3.05) is 24.7 Å². The Kier molecular flexibility index (Phi) is 5.91. The van der Waals surface area contributed by atoms with Gasteiger partial charge in [0, 0.05) is 43.3 Å². The lowest BCUT2D eigenvalue weighted by atomic mass is 9.87. The number of fused-ring (bicyclic) bond motifs is 1. The average Bonchev–Trinajstić information content (AvgIpc) is 3.21. The van der Waals surface area contributed by atoms with Crippen LogP contribution in [0.4, 0.5) is 10.1 Å². The molecule has 1 aliphatic heterocycles. The first-order valence-corrected chi connectivity index (χ1v) is 12.3. The van der Waals surface area contributed by atoms with Gasteiger partial charge in [0.1, 0.15) is 17.9 Å². The highest BCUT2D eigenvalue weighted by Crippen LogP contribution is 2.47. The van der Waals surface area contributed by atoms with Gasteiger partial charge in [-0.1, -0.05) is 30.3 Å². The molecule has 1 unspecified atom stereocenters. The van der Waals surface area contributed by atoms with Crippen LogP contribution in [-0.4, -0.2) is 41.0 Å². The molecule has 0 fully saturated rings. The first-order valence-electron chi connectivity index (χ1n) is 10.4. The van der Waals surface area contributed by atoms with E-state index in [1.54, 1.807) is 36.4 Å². The minimum Gasteiger partial charge on any atom is -0.472 e. The molecule has 1 aliphatic rings. The van der Waals surface area contributed by atoms with Crippen LogP contribution in [0.3, 0.4) is 0 Å². The second-order valence-electron chi connectivity index (χ2n) is 8.14. The molecule has 1 N–H and O–H groups in total. The van der Waals surface area contributed by atoms with Crippen molar-refractivity contribution in [3.63, 3.8) is 0 Å². The van der Waals surface area contributed by atoms with Crippen LogP contribution in [0.5, 0.6) is 5.75 Å². The number of benzene rings is 3. The minimum absolute atomic E-state index is 0.150. The van der Waals surface area contributed by atoms with E-state index >= 15 is 0 Å². The number of hydrogen-bond donors (Lipinski definition) is 1. The van der Waals surface area contributed by atoms with Crippen molar-refractivity contribution >= 4 is 27.9 Å². The molecule has 4 rings (SSSR count). The standard InChI is InChI=1S/C25H23FN2O5S/c1-27-24(30)25(19-7-9-20(26)10-8-19)14-18-12-21(17-6-4-5-16(11-17)15-29)22(13-23(18)33-25)28(2)34(3,31)32/h4-13,15H,14H2,1-3H3,(H,27,30). The summed E-state index contributed by atoms with van der Waals surface area (Å²) in [5, 5.41) is 2.62. The molecular formula is C25H23FN2O5S. The Labute approximate surface area is 197 Å². The number of hydrogen-bond acceptors (Lipinski definition) is 5. The Morgan fingerprint density at radius 3 is 2.47 bits per heavy atom. The zero-order valence-electron chi connectivity index (χ0n) is 18.8. The highest BCUT2D eigenvalue weighted by atomic mass is 32.2. The second-order valence-corrected chi connectivity index (χ2v) is 10.2. The predicted molar refractivity (Wildman–Crippen MR) is 127 cm³/mol. The summed E-state index contributed by atoms with van der Waals surface area (Å²) in [7, 11) is -0.732. The van der Waals surface area contributed by atoms with Gasteiger partial charge < -0.3 is 10.1 Å². The fourth-order valence-corrected chi connectivity index (χ4v) is 4.64. The van der Waals surface area contributed by atoms with Crippen molar-refractivity contribution in [2.24, 2.45) is 0 Å². The average molecular weight is 483 g/mol. The highest BCUT2D eigenvalue weighted by Gasteiger charge is 2.48. The number of rotatable bonds is 6. The lowest BCUT2D eigenvalue weighted by Gasteiger charge is -2.27. The zero-order valence-corrected chi connectivity index (χ0v) is 19.6. The zero-order chi connectivity index (χ0) is 24.7. The van der Waals surface area contributed by atoms with Gasteiger partial charge in [-0.3, -0.25) is 13.9 Å². The molecule has 3 aromatic carbocycles. The lowest BCUT2D eigenvalue weighted by Crippen LogP contribution is -2.46. The van der Waals surface area contributed by atoms with Gasteiger partial charge in [0.25, 0.3) is 5.91 Å². The van der Waals surface area contributed by atoms with Gasteiger partial charge >= 0.3 is 0 Å². The monoisotopic (exact) mass is 482 g/mol. The van der Waals surface area contributed by atoms with Crippen LogP contribution in [-0.2, 0) is 26.8 Å². The van der Waals surface area contributed by atoms with Crippen molar-refractivity contribution in [3.05, 3.63) is 83.2 Å². The number of aldehydes is 1. The highest BCUT2D eigenvalue weighted by molar-refractivity contribution is 7.92. The molecular weight excluding hydrogens is 459 g/mol. The van der Waals surface area contributed by atoms with Crippen LogP contribution in [0.25, 0.3) is 11.1 Å². The summed E-state index contributed by atoms with van der Waals surface area (Å²) < 4.78 is 45.7. The molecule has 0 bridgehead atoms. The van der Waals surface area contributed by atoms with E-state index in [0.29, 0.717) is 45.5 Å². The van der Waals surface area contributed by atoms with Crippen molar-refractivity contribution in [2.45, 2.75) is 12.0 Å². The molecule has 0 spiro atoms. The number of halogens is 1. The smallest absolute Gasteiger partial charge is 0.269 e. The molecule has 0 saturated heterocycles. The van der Waals surface area contributed by atoms with E-state index in [4.69, 9.17) is 4.74 Å². The molecule has 9 heteroatoms. The number of carbonyl (C=O) groups excluding carboxylic acids is 2. The van der Waals surface area contributed by atoms with E-state index < -0.39 is 27.3 Å². The number of nitrogens with zero attached hydrogens (tertiary/aromatic N) is 1. The fourth-order valence-electron chi connectivity index (χ4n) is 4.13.